The van der Waals surface area contributed by atoms with Gasteiger partial charge in [0.1, 0.15) is 0 Å². The van der Waals surface area contributed by atoms with E-state index in [1.165, 1.54) is 24.8 Å². The van der Waals surface area contributed by atoms with Crippen LogP contribution in [0.3, 0.4) is 0 Å². The first-order valence-corrected chi connectivity index (χ1v) is 9.03. The minimum atomic E-state index is 0.669. The van der Waals surface area contributed by atoms with Gasteiger partial charge in [-0.3, -0.25) is 4.99 Å². The van der Waals surface area contributed by atoms with Crippen LogP contribution in [0.2, 0.25) is 0 Å². The zero-order valence-corrected chi connectivity index (χ0v) is 15.1. The van der Waals surface area contributed by atoms with Crippen LogP contribution in [0.5, 0.6) is 0 Å². The Morgan fingerprint density at radius 2 is 2.04 bits per heavy atom. The lowest BCUT2D eigenvalue weighted by molar-refractivity contribution is 0.259. The summed E-state index contributed by atoms with van der Waals surface area (Å²) in [5.41, 5.74) is 1.44. The molecule has 3 rings (SSSR count). The summed E-state index contributed by atoms with van der Waals surface area (Å²) in [4.78, 5) is 11.0. The molecule has 1 aromatic heterocycles. The summed E-state index contributed by atoms with van der Waals surface area (Å²) in [5.74, 6) is 3.08. The van der Waals surface area contributed by atoms with Gasteiger partial charge < -0.3 is 14.7 Å². The molecular weight excluding hydrogens is 314 g/mol. The molecule has 1 N–H and O–H groups in total. The quantitative estimate of drug-likeness (QED) is 0.668. The predicted octanol–water partition coefficient (Wildman–Crippen LogP) is 2.45. The maximum atomic E-state index is 5.14. The SMILES string of the molecule is CN=C(NCCc1nc(C)no1)N1CCC(Cc2ccccc2)CC1. The Labute approximate surface area is 149 Å². The van der Waals surface area contributed by atoms with Crippen molar-refractivity contribution in [2.75, 3.05) is 26.7 Å². The molecule has 0 radical (unpaired) electrons. The van der Waals surface area contributed by atoms with E-state index in [1.807, 2.05) is 14.0 Å². The fraction of sp³-hybridized carbons (Fsp3) is 0.526. The van der Waals surface area contributed by atoms with Crippen molar-refractivity contribution < 1.29 is 4.52 Å². The highest BCUT2D eigenvalue weighted by molar-refractivity contribution is 5.79. The number of rotatable bonds is 5. The predicted molar refractivity (Wildman–Crippen MR) is 98.5 cm³/mol. The smallest absolute Gasteiger partial charge is 0.228 e. The molecule has 0 spiro atoms. The minimum Gasteiger partial charge on any atom is -0.356 e. The van der Waals surface area contributed by atoms with Crippen LogP contribution in [-0.4, -0.2) is 47.7 Å². The van der Waals surface area contributed by atoms with Crippen molar-refractivity contribution in [1.29, 1.82) is 0 Å². The van der Waals surface area contributed by atoms with Gasteiger partial charge in [0.2, 0.25) is 5.89 Å². The molecule has 2 heterocycles. The highest BCUT2D eigenvalue weighted by Gasteiger charge is 2.21. The van der Waals surface area contributed by atoms with E-state index >= 15 is 0 Å². The molecule has 134 valence electrons. The number of piperidine rings is 1. The zero-order valence-electron chi connectivity index (χ0n) is 15.1. The molecule has 25 heavy (non-hydrogen) atoms. The molecule has 1 fully saturated rings. The zero-order chi connectivity index (χ0) is 17.5. The van der Waals surface area contributed by atoms with Gasteiger partial charge in [0.25, 0.3) is 0 Å². The van der Waals surface area contributed by atoms with Gasteiger partial charge in [-0.05, 0) is 37.7 Å². The number of aliphatic imine (C=N–C) groups is 1. The Morgan fingerprint density at radius 3 is 2.68 bits per heavy atom. The second-order valence-electron chi connectivity index (χ2n) is 6.58. The number of aryl methyl sites for hydroxylation is 1. The molecule has 6 heteroatoms. The summed E-state index contributed by atoms with van der Waals surface area (Å²) in [7, 11) is 1.84. The van der Waals surface area contributed by atoms with Gasteiger partial charge in [0.05, 0.1) is 0 Å². The van der Waals surface area contributed by atoms with Crippen molar-refractivity contribution in [1.82, 2.24) is 20.4 Å². The third-order valence-electron chi connectivity index (χ3n) is 4.68. The summed E-state index contributed by atoms with van der Waals surface area (Å²) >= 11 is 0. The third kappa shape index (κ3) is 5.05. The van der Waals surface area contributed by atoms with Crippen LogP contribution >= 0.6 is 0 Å². The number of benzene rings is 1. The van der Waals surface area contributed by atoms with Gasteiger partial charge in [0.15, 0.2) is 11.8 Å². The molecule has 0 amide bonds. The van der Waals surface area contributed by atoms with Gasteiger partial charge in [-0.25, -0.2) is 0 Å². The van der Waals surface area contributed by atoms with Crippen molar-refractivity contribution in [2.45, 2.75) is 32.6 Å². The number of guanidine groups is 1. The second-order valence-corrected chi connectivity index (χ2v) is 6.58. The van der Waals surface area contributed by atoms with E-state index in [4.69, 9.17) is 4.52 Å². The Hall–Kier alpha value is -2.37. The Bertz CT molecular complexity index is 674. The first-order chi connectivity index (χ1) is 12.2. The Morgan fingerprint density at radius 1 is 1.28 bits per heavy atom. The lowest BCUT2D eigenvalue weighted by Crippen LogP contribution is -2.46. The van der Waals surface area contributed by atoms with E-state index in [2.05, 4.69) is 55.7 Å². The van der Waals surface area contributed by atoms with Crippen LogP contribution in [0.15, 0.2) is 39.8 Å². The largest absolute Gasteiger partial charge is 0.356 e. The number of nitrogens with zero attached hydrogens (tertiary/aromatic N) is 4. The summed E-state index contributed by atoms with van der Waals surface area (Å²) in [6.45, 7) is 4.69. The van der Waals surface area contributed by atoms with Crippen molar-refractivity contribution in [2.24, 2.45) is 10.9 Å². The lowest BCUT2D eigenvalue weighted by atomic mass is 9.90. The monoisotopic (exact) mass is 341 g/mol. The molecule has 1 aliphatic heterocycles. The normalized spacial score (nSPS) is 16.2. The summed E-state index contributed by atoms with van der Waals surface area (Å²) in [5, 5.41) is 7.22. The molecule has 2 aromatic rings. The van der Waals surface area contributed by atoms with Crippen LogP contribution < -0.4 is 5.32 Å². The number of hydrogen-bond donors (Lipinski definition) is 1. The van der Waals surface area contributed by atoms with Crippen molar-refractivity contribution >= 4 is 5.96 Å². The minimum absolute atomic E-state index is 0.669. The molecule has 1 saturated heterocycles. The topological polar surface area (TPSA) is 66.5 Å². The molecule has 0 aliphatic carbocycles. The van der Waals surface area contributed by atoms with Gasteiger partial charge in [-0.2, -0.15) is 4.98 Å². The second kappa shape index (κ2) is 8.65. The summed E-state index contributed by atoms with van der Waals surface area (Å²) in [6.07, 6.45) is 4.30. The van der Waals surface area contributed by atoms with Crippen molar-refractivity contribution in [3.63, 3.8) is 0 Å². The fourth-order valence-electron chi connectivity index (χ4n) is 3.35. The van der Waals surface area contributed by atoms with Crippen LogP contribution in [0.1, 0.15) is 30.1 Å². The van der Waals surface area contributed by atoms with Crippen molar-refractivity contribution in [3.05, 3.63) is 47.6 Å². The molecule has 6 nitrogen and oxygen atoms in total. The Kier molecular flexibility index (Phi) is 6.04. The number of nitrogens with one attached hydrogen (secondary N) is 1. The van der Waals surface area contributed by atoms with Crippen LogP contribution in [0.4, 0.5) is 0 Å². The summed E-state index contributed by atoms with van der Waals surface area (Å²) in [6, 6.07) is 10.8. The van der Waals surface area contributed by atoms with Gasteiger partial charge in [0, 0.05) is 33.1 Å². The first kappa shape index (κ1) is 17.5. The van der Waals surface area contributed by atoms with Gasteiger partial charge >= 0.3 is 0 Å². The van der Waals surface area contributed by atoms with Crippen LogP contribution in [0, 0.1) is 12.8 Å². The average molecular weight is 341 g/mol. The maximum absolute atomic E-state index is 5.14. The molecule has 0 saturated carbocycles. The highest BCUT2D eigenvalue weighted by atomic mass is 16.5. The van der Waals surface area contributed by atoms with E-state index in [0.29, 0.717) is 18.1 Å². The molecule has 1 aliphatic rings. The third-order valence-corrected chi connectivity index (χ3v) is 4.68. The molecular formula is C19H27N5O. The van der Waals surface area contributed by atoms with E-state index < -0.39 is 0 Å². The molecule has 0 atom stereocenters. The number of likely N-dealkylation sites (tertiary alicyclic amines) is 1. The molecule has 0 unspecified atom stereocenters. The van der Waals surface area contributed by atoms with Crippen molar-refractivity contribution in [3.8, 4) is 0 Å². The number of aromatic nitrogens is 2. The summed E-state index contributed by atoms with van der Waals surface area (Å²) < 4.78 is 5.14. The standard InChI is InChI=1S/C19H27N5O/c1-15-22-18(25-23-15)8-11-21-19(20-2)24-12-9-17(10-13-24)14-16-6-4-3-5-7-16/h3-7,17H,8-14H2,1-2H3,(H,20,21). The van der Waals surface area contributed by atoms with Gasteiger partial charge in [-0.15, -0.1) is 0 Å². The molecule has 1 aromatic carbocycles. The van der Waals surface area contributed by atoms with E-state index in [0.717, 1.165) is 31.5 Å². The lowest BCUT2D eigenvalue weighted by Gasteiger charge is -2.34. The average Bonchev–Trinajstić information content (AvgIpc) is 3.06. The highest BCUT2D eigenvalue weighted by Crippen LogP contribution is 2.21. The Balaban J connectivity index is 1.42. The number of hydrogen-bond acceptors (Lipinski definition) is 4. The fourth-order valence-corrected chi connectivity index (χ4v) is 3.35. The van der Waals surface area contributed by atoms with Gasteiger partial charge in [-0.1, -0.05) is 35.5 Å². The maximum Gasteiger partial charge on any atom is 0.228 e. The first-order valence-electron chi connectivity index (χ1n) is 9.03. The van der Waals surface area contributed by atoms with E-state index in [1.54, 1.807) is 0 Å². The van der Waals surface area contributed by atoms with E-state index in [-0.39, 0.29) is 0 Å². The van der Waals surface area contributed by atoms with Crippen LogP contribution in [0.25, 0.3) is 0 Å². The molecule has 0 bridgehead atoms. The van der Waals surface area contributed by atoms with Crippen LogP contribution in [-0.2, 0) is 12.8 Å². The van der Waals surface area contributed by atoms with E-state index in [9.17, 15) is 0 Å².